The van der Waals surface area contributed by atoms with Crippen LogP contribution in [0.25, 0.3) is 42.4 Å². The molecule has 6 heteroatoms. The van der Waals surface area contributed by atoms with Crippen molar-refractivity contribution in [3.05, 3.63) is 80.0 Å². The van der Waals surface area contributed by atoms with Crippen molar-refractivity contribution in [3.63, 3.8) is 0 Å². The quantitative estimate of drug-likeness (QED) is 0.278. The molecule has 0 amide bonds. The van der Waals surface area contributed by atoms with Crippen LogP contribution in [0, 0.1) is 13.8 Å². The summed E-state index contributed by atoms with van der Waals surface area (Å²) in [5.41, 5.74) is 6.25. The minimum Gasteiger partial charge on any atom is -0.477 e. The summed E-state index contributed by atoms with van der Waals surface area (Å²) in [5, 5.41) is 14.7. The summed E-state index contributed by atoms with van der Waals surface area (Å²) in [6, 6.07) is 16.0. The molecule has 0 bridgehead atoms. The van der Waals surface area contributed by atoms with Crippen molar-refractivity contribution in [1.82, 2.24) is 0 Å². The molecule has 5 aromatic rings. The van der Waals surface area contributed by atoms with Gasteiger partial charge in [0.15, 0.2) is 0 Å². The standard InChI is InChI=1S/C25H16Cl2O2S2/c1-12-6-17(19-11-23-15(8-21(19)27)9-24(31-23)25(28)29)13(2)5-16(12)18-10-22-14(3-4-30-22)7-20(18)26/h3-11H,1-2H3,(H,28,29). The Morgan fingerprint density at radius 1 is 0.774 bits per heavy atom. The summed E-state index contributed by atoms with van der Waals surface area (Å²) in [5.74, 6) is -0.921. The van der Waals surface area contributed by atoms with Crippen molar-refractivity contribution < 1.29 is 9.90 Å². The van der Waals surface area contributed by atoms with Crippen LogP contribution >= 0.6 is 45.9 Å². The lowest BCUT2D eigenvalue weighted by molar-refractivity contribution is 0.0702. The number of carboxylic acid groups (broad SMARTS) is 1. The van der Waals surface area contributed by atoms with Crippen LogP contribution in [0.3, 0.4) is 0 Å². The van der Waals surface area contributed by atoms with E-state index in [1.165, 1.54) is 16.0 Å². The molecule has 1 N–H and O–H groups in total. The van der Waals surface area contributed by atoms with Gasteiger partial charge in [-0.05, 0) is 88.7 Å². The van der Waals surface area contributed by atoms with Gasteiger partial charge in [0.25, 0.3) is 0 Å². The Bertz CT molecular complexity index is 1510. The Kier molecular flexibility index (Phi) is 5.06. The lowest BCUT2D eigenvalue weighted by Crippen LogP contribution is -1.91. The minimum atomic E-state index is -0.921. The number of hydrogen-bond acceptors (Lipinski definition) is 3. The summed E-state index contributed by atoms with van der Waals surface area (Å²) < 4.78 is 2.12. The monoisotopic (exact) mass is 482 g/mol. The number of carboxylic acids is 1. The van der Waals surface area contributed by atoms with Crippen molar-refractivity contribution in [1.29, 1.82) is 0 Å². The first-order valence-electron chi connectivity index (χ1n) is 9.57. The zero-order chi connectivity index (χ0) is 21.9. The van der Waals surface area contributed by atoms with E-state index in [-0.39, 0.29) is 0 Å². The number of aryl methyl sites for hydroxylation is 2. The predicted molar refractivity (Wildman–Crippen MR) is 135 cm³/mol. The van der Waals surface area contributed by atoms with Gasteiger partial charge in [0.1, 0.15) is 4.88 Å². The maximum atomic E-state index is 11.3. The second kappa shape index (κ2) is 7.64. The van der Waals surface area contributed by atoms with E-state index in [4.69, 9.17) is 23.2 Å². The van der Waals surface area contributed by atoms with Crippen LogP contribution in [0.15, 0.2) is 53.9 Å². The zero-order valence-electron chi connectivity index (χ0n) is 16.6. The van der Waals surface area contributed by atoms with Crippen LogP contribution in [0.2, 0.25) is 10.0 Å². The fraction of sp³-hybridized carbons (Fsp3) is 0.0800. The van der Waals surface area contributed by atoms with Gasteiger partial charge < -0.3 is 5.11 Å². The van der Waals surface area contributed by atoms with E-state index in [0.717, 1.165) is 53.9 Å². The first kappa shape index (κ1) is 20.5. The zero-order valence-corrected chi connectivity index (χ0v) is 19.8. The molecule has 0 saturated heterocycles. The van der Waals surface area contributed by atoms with E-state index in [9.17, 15) is 9.90 Å². The highest BCUT2D eigenvalue weighted by atomic mass is 35.5. The molecule has 2 aromatic heterocycles. The van der Waals surface area contributed by atoms with Crippen LogP contribution in [0.4, 0.5) is 0 Å². The maximum absolute atomic E-state index is 11.3. The van der Waals surface area contributed by atoms with Crippen LogP contribution in [0.1, 0.15) is 20.8 Å². The van der Waals surface area contributed by atoms with Gasteiger partial charge in [-0.3, -0.25) is 0 Å². The Balaban J connectivity index is 1.66. The van der Waals surface area contributed by atoms with Gasteiger partial charge in [-0.15, -0.1) is 22.7 Å². The summed E-state index contributed by atoms with van der Waals surface area (Å²) >= 11 is 16.2. The Hall–Kier alpha value is -2.37. The summed E-state index contributed by atoms with van der Waals surface area (Å²) in [4.78, 5) is 11.7. The average Bonchev–Trinajstić information content (AvgIpc) is 3.34. The SMILES string of the molecule is Cc1cc(-c2cc3sc(C(=O)O)cc3cc2Cl)c(C)cc1-c1cc2sccc2cc1Cl. The second-order valence-electron chi connectivity index (χ2n) is 7.56. The molecule has 0 spiro atoms. The van der Waals surface area contributed by atoms with Crippen molar-refractivity contribution in [2.75, 3.05) is 0 Å². The summed E-state index contributed by atoms with van der Waals surface area (Å²) in [6.45, 7) is 4.14. The molecule has 0 aliphatic rings. The number of thiophene rings is 2. The summed E-state index contributed by atoms with van der Waals surface area (Å²) in [6.07, 6.45) is 0. The number of halogens is 2. The average molecular weight is 483 g/mol. The number of aromatic carboxylic acids is 1. The molecule has 0 atom stereocenters. The van der Waals surface area contributed by atoms with Crippen LogP contribution < -0.4 is 0 Å². The molecule has 0 fully saturated rings. The Morgan fingerprint density at radius 2 is 1.35 bits per heavy atom. The number of rotatable bonds is 3. The van der Waals surface area contributed by atoms with Gasteiger partial charge in [-0.2, -0.15) is 0 Å². The third-order valence-electron chi connectivity index (χ3n) is 5.51. The van der Waals surface area contributed by atoms with Crippen molar-refractivity contribution in [2.24, 2.45) is 0 Å². The van der Waals surface area contributed by atoms with Crippen LogP contribution in [-0.4, -0.2) is 11.1 Å². The van der Waals surface area contributed by atoms with Gasteiger partial charge in [0.2, 0.25) is 0 Å². The second-order valence-corrected chi connectivity index (χ2v) is 10.4. The predicted octanol–water partition coefficient (Wildman–Crippen LogP) is 9.07. The summed E-state index contributed by atoms with van der Waals surface area (Å²) in [7, 11) is 0. The van der Waals surface area contributed by atoms with Gasteiger partial charge in [-0.25, -0.2) is 4.79 Å². The van der Waals surface area contributed by atoms with Crippen molar-refractivity contribution in [2.45, 2.75) is 13.8 Å². The largest absolute Gasteiger partial charge is 0.477 e. The van der Waals surface area contributed by atoms with Gasteiger partial charge in [0.05, 0.1) is 0 Å². The van der Waals surface area contributed by atoms with Crippen molar-refractivity contribution in [3.8, 4) is 22.3 Å². The van der Waals surface area contributed by atoms with E-state index >= 15 is 0 Å². The van der Waals surface area contributed by atoms with Crippen LogP contribution in [-0.2, 0) is 0 Å². The lowest BCUT2D eigenvalue weighted by atomic mass is 9.91. The fourth-order valence-electron chi connectivity index (χ4n) is 3.96. The molecular weight excluding hydrogens is 467 g/mol. The number of fused-ring (bicyclic) bond motifs is 2. The molecule has 2 heterocycles. The molecule has 2 nitrogen and oxygen atoms in total. The van der Waals surface area contributed by atoms with Gasteiger partial charge >= 0.3 is 5.97 Å². The number of carbonyl (C=O) groups is 1. The maximum Gasteiger partial charge on any atom is 0.345 e. The topological polar surface area (TPSA) is 37.3 Å². The highest BCUT2D eigenvalue weighted by Gasteiger charge is 2.16. The molecule has 0 saturated carbocycles. The molecule has 31 heavy (non-hydrogen) atoms. The van der Waals surface area contributed by atoms with Crippen molar-refractivity contribution >= 4 is 72.0 Å². The van der Waals surface area contributed by atoms with E-state index in [0.29, 0.717) is 9.90 Å². The first-order valence-corrected chi connectivity index (χ1v) is 12.0. The molecule has 0 aliphatic carbocycles. The lowest BCUT2D eigenvalue weighted by Gasteiger charge is -2.15. The smallest absolute Gasteiger partial charge is 0.345 e. The number of hydrogen-bond donors (Lipinski definition) is 1. The normalized spacial score (nSPS) is 11.5. The van der Waals surface area contributed by atoms with E-state index in [2.05, 4.69) is 43.5 Å². The van der Waals surface area contributed by atoms with Crippen LogP contribution in [0.5, 0.6) is 0 Å². The molecule has 0 unspecified atom stereocenters. The Labute approximate surface area is 197 Å². The molecule has 0 aliphatic heterocycles. The van der Waals surface area contributed by atoms with E-state index in [1.807, 2.05) is 18.2 Å². The minimum absolute atomic E-state index is 0.310. The highest BCUT2D eigenvalue weighted by Crippen LogP contribution is 2.41. The third kappa shape index (κ3) is 3.54. The fourth-order valence-corrected chi connectivity index (χ4v) is 6.24. The molecule has 0 radical (unpaired) electrons. The van der Waals surface area contributed by atoms with E-state index < -0.39 is 5.97 Å². The van der Waals surface area contributed by atoms with Gasteiger partial charge in [0, 0.05) is 30.6 Å². The third-order valence-corrected chi connectivity index (χ3v) is 8.10. The molecule has 154 valence electrons. The Morgan fingerprint density at radius 3 is 1.97 bits per heavy atom. The number of benzene rings is 3. The molecule has 5 rings (SSSR count). The van der Waals surface area contributed by atoms with E-state index in [1.54, 1.807) is 17.4 Å². The molecule has 3 aromatic carbocycles. The first-order chi connectivity index (χ1) is 14.8. The highest BCUT2D eigenvalue weighted by molar-refractivity contribution is 7.20. The molecular formula is C25H16Cl2O2S2. The van der Waals surface area contributed by atoms with Gasteiger partial charge in [-0.1, -0.05) is 35.3 Å².